The molecule has 1 aromatic carbocycles. The van der Waals surface area contributed by atoms with E-state index in [1.54, 1.807) is 0 Å². The van der Waals surface area contributed by atoms with Crippen molar-refractivity contribution < 1.29 is 13.9 Å². The number of halogens is 1. The van der Waals surface area contributed by atoms with Crippen LogP contribution in [0.4, 0.5) is 10.2 Å². The van der Waals surface area contributed by atoms with Crippen molar-refractivity contribution in [3.63, 3.8) is 0 Å². The molecule has 29 heavy (non-hydrogen) atoms. The number of fused-ring (bicyclic) bond motifs is 1. The largest absolute Gasteiger partial charge is 0.484 e. The first-order chi connectivity index (χ1) is 14.0. The Bertz CT molecular complexity index is 887. The smallest absolute Gasteiger partial charge is 0.260 e. The molecule has 0 spiro atoms. The molecule has 0 saturated carbocycles. The van der Waals surface area contributed by atoms with Gasteiger partial charge in [0.15, 0.2) is 6.61 Å². The van der Waals surface area contributed by atoms with E-state index < -0.39 is 0 Å². The van der Waals surface area contributed by atoms with Crippen molar-refractivity contribution in [2.24, 2.45) is 0 Å². The van der Waals surface area contributed by atoms with E-state index in [4.69, 9.17) is 14.7 Å². The zero-order valence-corrected chi connectivity index (χ0v) is 17.0. The number of hydrogen-bond acceptors (Lipinski definition) is 5. The summed E-state index contributed by atoms with van der Waals surface area (Å²) in [5, 5.41) is 0. The van der Waals surface area contributed by atoms with Gasteiger partial charge in [0, 0.05) is 43.9 Å². The molecule has 0 N–H and O–H groups in total. The van der Waals surface area contributed by atoms with Crippen molar-refractivity contribution in [3.05, 3.63) is 47.2 Å². The summed E-state index contributed by atoms with van der Waals surface area (Å²) in [4.78, 5) is 26.4. The molecule has 0 radical (unpaired) electrons. The Kier molecular flexibility index (Phi) is 5.65. The van der Waals surface area contributed by atoms with Gasteiger partial charge >= 0.3 is 0 Å². The molecule has 1 amide bonds. The molecule has 1 fully saturated rings. The van der Waals surface area contributed by atoms with Crippen molar-refractivity contribution in [1.29, 1.82) is 0 Å². The predicted octanol–water partition coefficient (Wildman–Crippen LogP) is 3.09. The highest BCUT2D eigenvalue weighted by Gasteiger charge is 2.29. The highest BCUT2D eigenvalue weighted by Crippen LogP contribution is 2.31. The molecule has 0 bridgehead atoms. The summed E-state index contributed by atoms with van der Waals surface area (Å²) in [5.41, 5.74) is 2.30. The van der Waals surface area contributed by atoms with E-state index in [0.717, 1.165) is 49.6 Å². The maximum Gasteiger partial charge on any atom is 0.260 e. The molecule has 2 aromatic rings. The van der Waals surface area contributed by atoms with Crippen molar-refractivity contribution in [1.82, 2.24) is 14.9 Å². The topological polar surface area (TPSA) is 58.6 Å². The van der Waals surface area contributed by atoms with Gasteiger partial charge in [-0.25, -0.2) is 14.4 Å². The number of rotatable bonds is 4. The molecule has 6 nitrogen and oxygen atoms in total. The van der Waals surface area contributed by atoms with Crippen LogP contribution >= 0.6 is 0 Å². The fourth-order valence-electron chi connectivity index (χ4n) is 4.17. The summed E-state index contributed by atoms with van der Waals surface area (Å²) in [5.74, 6) is 2.12. The number of benzene rings is 1. The van der Waals surface area contributed by atoms with Gasteiger partial charge in [-0.2, -0.15) is 0 Å². The van der Waals surface area contributed by atoms with Crippen LogP contribution < -0.4 is 9.64 Å². The Hall–Kier alpha value is -2.70. The molecule has 0 aliphatic carbocycles. The number of likely N-dealkylation sites (tertiary alicyclic amines) is 1. The number of anilines is 1. The summed E-state index contributed by atoms with van der Waals surface area (Å²) >= 11 is 0. The van der Waals surface area contributed by atoms with Gasteiger partial charge in [0.05, 0.1) is 0 Å². The monoisotopic (exact) mass is 398 g/mol. The normalized spacial score (nSPS) is 19.1. The van der Waals surface area contributed by atoms with E-state index in [9.17, 15) is 9.18 Å². The van der Waals surface area contributed by atoms with Crippen molar-refractivity contribution in [2.75, 3.05) is 38.2 Å². The average molecular weight is 398 g/mol. The van der Waals surface area contributed by atoms with Crippen LogP contribution in [0.25, 0.3) is 0 Å². The summed E-state index contributed by atoms with van der Waals surface area (Å²) in [7, 11) is 2.08. The first-order valence-electron chi connectivity index (χ1n) is 10.3. The number of aryl methyl sites for hydroxylation is 1. The Labute approximate surface area is 170 Å². The lowest BCUT2D eigenvalue weighted by molar-refractivity contribution is -0.134. The van der Waals surface area contributed by atoms with Crippen LogP contribution in [0.3, 0.4) is 0 Å². The molecule has 1 aromatic heterocycles. The zero-order chi connectivity index (χ0) is 20.4. The Morgan fingerprint density at radius 1 is 1.21 bits per heavy atom. The van der Waals surface area contributed by atoms with Crippen LogP contribution in [0.2, 0.25) is 0 Å². The van der Waals surface area contributed by atoms with Crippen LogP contribution in [0, 0.1) is 12.7 Å². The molecule has 3 heterocycles. The molecule has 0 unspecified atom stereocenters. The quantitative estimate of drug-likeness (QED) is 0.792. The fourth-order valence-corrected chi connectivity index (χ4v) is 4.17. The molecular formula is C22H27FN4O2. The lowest BCUT2D eigenvalue weighted by Crippen LogP contribution is -2.42. The molecule has 4 rings (SSSR count). The standard InChI is InChI=1S/C22H27FN4O2/c1-15-19-6-4-11-26(2)22(19)25-21(24-15)16-5-3-12-27(13-16)20(28)14-29-18-9-7-17(23)8-10-18/h7-10,16H,3-6,11-14H2,1-2H3/t16-/m0/s1. The van der Waals surface area contributed by atoms with Crippen LogP contribution in [0.5, 0.6) is 5.75 Å². The Morgan fingerprint density at radius 3 is 2.79 bits per heavy atom. The van der Waals surface area contributed by atoms with Gasteiger partial charge < -0.3 is 14.5 Å². The molecule has 154 valence electrons. The number of amides is 1. The van der Waals surface area contributed by atoms with Gasteiger partial charge in [0.2, 0.25) is 0 Å². The second-order valence-electron chi connectivity index (χ2n) is 7.92. The number of piperidine rings is 1. The molecule has 2 aliphatic heterocycles. The molecule has 1 saturated heterocycles. The minimum atomic E-state index is -0.325. The number of carbonyl (C=O) groups excluding carboxylic acids is 1. The third-order valence-corrected chi connectivity index (χ3v) is 5.81. The number of carbonyl (C=O) groups is 1. The fraction of sp³-hybridized carbons (Fsp3) is 0.500. The maximum absolute atomic E-state index is 13.0. The number of hydrogen-bond donors (Lipinski definition) is 0. The van der Waals surface area contributed by atoms with E-state index >= 15 is 0 Å². The first kappa shape index (κ1) is 19.6. The third kappa shape index (κ3) is 4.33. The van der Waals surface area contributed by atoms with Crippen LogP contribution in [-0.2, 0) is 11.2 Å². The van der Waals surface area contributed by atoms with Gasteiger partial charge in [-0.1, -0.05) is 0 Å². The highest BCUT2D eigenvalue weighted by molar-refractivity contribution is 5.78. The second kappa shape index (κ2) is 8.35. The maximum atomic E-state index is 13.0. The van der Waals surface area contributed by atoms with Gasteiger partial charge in [0.25, 0.3) is 5.91 Å². The van der Waals surface area contributed by atoms with E-state index in [2.05, 4.69) is 18.9 Å². The van der Waals surface area contributed by atoms with Crippen LogP contribution in [0.15, 0.2) is 24.3 Å². The summed E-state index contributed by atoms with van der Waals surface area (Å²) in [6.07, 6.45) is 4.06. The van der Waals surface area contributed by atoms with Crippen molar-refractivity contribution in [3.8, 4) is 5.75 Å². The van der Waals surface area contributed by atoms with Gasteiger partial charge in [0.1, 0.15) is 23.2 Å². The van der Waals surface area contributed by atoms with Crippen molar-refractivity contribution >= 4 is 11.7 Å². The molecular weight excluding hydrogens is 371 g/mol. The second-order valence-corrected chi connectivity index (χ2v) is 7.92. The van der Waals surface area contributed by atoms with E-state index in [-0.39, 0.29) is 24.2 Å². The first-order valence-corrected chi connectivity index (χ1v) is 10.3. The van der Waals surface area contributed by atoms with E-state index in [1.165, 1.54) is 29.8 Å². The lowest BCUT2D eigenvalue weighted by atomic mass is 9.96. The van der Waals surface area contributed by atoms with E-state index in [1.807, 2.05) is 4.90 Å². The molecule has 1 atom stereocenters. The number of nitrogens with zero attached hydrogens (tertiary/aromatic N) is 4. The number of ether oxygens (including phenoxy) is 1. The SMILES string of the molecule is Cc1nc([C@H]2CCCN(C(=O)COc3ccc(F)cc3)C2)nc2c1CCCN2C. The number of aromatic nitrogens is 2. The van der Waals surface area contributed by atoms with Gasteiger partial charge in [-0.3, -0.25) is 4.79 Å². The summed E-state index contributed by atoms with van der Waals surface area (Å²) in [6.45, 7) is 4.34. The average Bonchev–Trinajstić information content (AvgIpc) is 2.74. The van der Waals surface area contributed by atoms with Crippen LogP contribution in [0.1, 0.15) is 42.3 Å². The lowest BCUT2D eigenvalue weighted by Gasteiger charge is -2.33. The minimum absolute atomic E-state index is 0.0504. The van der Waals surface area contributed by atoms with Crippen molar-refractivity contribution in [2.45, 2.75) is 38.5 Å². The van der Waals surface area contributed by atoms with Crippen LogP contribution in [-0.4, -0.2) is 54.1 Å². The summed E-state index contributed by atoms with van der Waals surface area (Å²) in [6, 6.07) is 5.71. The van der Waals surface area contributed by atoms with Gasteiger partial charge in [-0.15, -0.1) is 0 Å². The van der Waals surface area contributed by atoms with Gasteiger partial charge in [-0.05, 0) is 56.9 Å². The summed E-state index contributed by atoms with van der Waals surface area (Å²) < 4.78 is 18.5. The minimum Gasteiger partial charge on any atom is -0.484 e. The zero-order valence-electron chi connectivity index (χ0n) is 17.0. The Balaban J connectivity index is 1.43. The van der Waals surface area contributed by atoms with E-state index in [0.29, 0.717) is 18.8 Å². The molecule has 7 heteroatoms. The predicted molar refractivity (Wildman–Crippen MR) is 109 cm³/mol. The molecule has 2 aliphatic rings. The third-order valence-electron chi connectivity index (χ3n) is 5.81. The Morgan fingerprint density at radius 2 is 2.00 bits per heavy atom. The highest BCUT2D eigenvalue weighted by atomic mass is 19.1.